The molecule has 7 nitrogen and oxygen atoms in total. The zero-order valence-corrected chi connectivity index (χ0v) is 14.1. The molecule has 1 saturated carbocycles. The van der Waals surface area contributed by atoms with Gasteiger partial charge < -0.3 is 10.2 Å². The molecule has 1 saturated heterocycles. The number of carbonyl (C=O) groups excluding carboxylic acids is 1. The van der Waals surface area contributed by atoms with Crippen LogP contribution in [0.2, 0.25) is 0 Å². The van der Waals surface area contributed by atoms with Crippen molar-refractivity contribution in [1.29, 1.82) is 0 Å². The molecule has 23 heavy (non-hydrogen) atoms. The molecule has 3 rings (SSSR count). The van der Waals surface area contributed by atoms with Crippen molar-refractivity contribution in [3.63, 3.8) is 0 Å². The topological polar surface area (TPSA) is 72.2 Å². The molecule has 2 heterocycles. The number of carbonyl (C=O) groups is 1. The zero-order chi connectivity index (χ0) is 16.4. The first-order chi connectivity index (χ1) is 11.1. The minimum atomic E-state index is -0.0624. The fourth-order valence-electron chi connectivity index (χ4n) is 3.86. The van der Waals surface area contributed by atoms with E-state index in [9.17, 15) is 9.59 Å². The molecule has 2 amide bonds. The van der Waals surface area contributed by atoms with Gasteiger partial charge in [0.15, 0.2) is 0 Å². The molecule has 1 N–H and O–H groups in total. The molecule has 0 spiro atoms. The number of likely N-dealkylation sites (tertiary alicyclic amines) is 1. The van der Waals surface area contributed by atoms with Crippen LogP contribution in [0.15, 0.2) is 4.79 Å². The third-order valence-corrected chi connectivity index (χ3v) is 5.18. The molecular formula is C16H27N5O2. The zero-order valence-electron chi connectivity index (χ0n) is 14.1. The number of piperidine rings is 1. The summed E-state index contributed by atoms with van der Waals surface area (Å²) in [6.07, 6.45) is 7.55. The van der Waals surface area contributed by atoms with Gasteiger partial charge in [-0.25, -0.2) is 14.3 Å². The van der Waals surface area contributed by atoms with Gasteiger partial charge in [0.2, 0.25) is 0 Å². The molecular weight excluding hydrogens is 294 g/mol. The van der Waals surface area contributed by atoms with Crippen molar-refractivity contribution in [2.75, 3.05) is 13.1 Å². The molecule has 1 aliphatic carbocycles. The van der Waals surface area contributed by atoms with Crippen molar-refractivity contribution in [2.24, 2.45) is 7.05 Å². The summed E-state index contributed by atoms with van der Waals surface area (Å²) in [5.74, 6) is 0.752. The maximum Gasteiger partial charge on any atom is 0.345 e. The van der Waals surface area contributed by atoms with E-state index in [4.69, 9.17) is 0 Å². The molecule has 0 radical (unpaired) electrons. The standard InChI is InChI=1S/C16H27N5O2/c1-12-18-19(2)16(23)21(12)14-8-10-20(11-9-14)15(22)17-13-6-4-3-5-7-13/h13-14H,3-11H2,1-2H3,(H,17,22). The number of hydrogen-bond acceptors (Lipinski definition) is 3. The SMILES string of the molecule is Cc1nn(C)c(=O)n1C1CCN(C(=O)NC2CCCCC2)CC1. The maximum absolute atomic E-state index is 12.4. The molecule has 2 fully saturated rings. The molecule has 7 heteroatoms. The van der Waals surface area contributed by atoms with Crippen LogP contribution in [0.4, 0.5) is 4.79 Å². The van der Waals surface area contributed by atoms with Gasteiger partial charge in [-0.2, -0.15) is 5.10 Å². The highest BCUT2D eigenvalue weighted by Gasteiger charge is 2.27. The van der Waals surface area contributed by atoms with E-state index in [2.05, 4.69) is 10.4 Å². The first-order valence-electron chi connectivity index (χ1n) is 8.74. The van der Waals surface area contributed by atoms with Gasteiger partial charge >= 0.3 is 11.7 Å². The molecule has 0 bridgehead atoms. The number of nitrogens with zero attached hydrogens (tertiary/aromatic N) is 4. The monoisotopic (exact) mass is 321 g/mol. The van der Waals surface area contributed by atoms with Crippen LogP contribution in [0.3, 0.4) is 0 Å². The highest BCUT2D eigenvalue weighted by molar-refractivity contribution is 5.74. The summed E-state index contributed by atoms with van der Waals surface area (Å²) >= 11 is 0. The van der Waals surface area contributed by atoms with Gasteiger partial charge in [0, 0.05) is 32.2 Å². The van der Waals surface area contributed by atoms with Gasteiger partial charge in [-0.15, -0.1) is 0 Å². The van der Waals surface area contributed by atoms with Crippen LogP contribution < -0.4 is 11.0 Å². The summed E-state index contributed by atoms with van der Waals surface area (Å²) in [7, 11) is 1.68. The van der Waals surface area contributed by atoms with Gasteiger partial charge in [-0.05, 0) is 32.6 Å². The van der Waals surface area contributed by atoms with Gasteiger partial charge in [0.05, 0.1) is 0 Å². The van der Waals surface area contributed by atoms with Crippen LogP contribution in [0.1, 0.15) is 56.8 Å². The average molecular weight is 321 g/mol. The normalized spacial score (nSPS) is 20.7. The van der Waals surface area contributed by atoms with Crippen molar-refractivity contribution >= 4 is 6.03 Å². The van der Waals surface area contributed by atoms with Crippen LogP contribution in [-0.2, 0) is 7.05 Å². The van der Waals surface area contributed by atoms with Crippen molar-refractivity contribution in [2.45, 2.75) is 64.0 Å². The van der Waals surface area contributed by atoms with E-state index in [-0.39, 0.29) is 17.8 Å². The molecule has 2 aliphatic rings. The lowest BCUT2D eigenvalue weighted by Gasteiger charge is -2.34. The van der Waals surface area contributed by atoms with Crippen molar-refractivity contribution < 1.29 is 4.79 Å². The molecule has 1 aromatic rings. The van der Waals surface area contributed by atoms with Crippen LogP contribution in [0.5, 0.6) is 0 Å². The smallest absolute Gasteiger partial charge is 0.335 e. The minimum absolute atomic E-state index is 0.0607. The number of rotatable bonds is 2. The Kier molecular flexibility index (Phi) is 4.73. The van der Waals surface area contributed by atoms with E-state index in [1.54, 1.807) is 11.6 Å². The fraction of sp³-hybridized carbons (Fsp3) is 0.812. The first-order valence-corrected chi connectivity index (χ1v) is 8.74. The Morgan fingerprint density at radius 2 is 1.78 bits per heavy atom. The second-order valence-corrected chi connectivity index (χ2v) is 6.83. The number of amides is 2. The van der Waals surface area contributed by atoms with E-state index < -0.39 is 0 Å². The van der Waals surface area contributed by atoms with Crippen LogP contribution >= 0.6 is 0 Å². The molecule has 0 atom stereocenters. The predicted octanol–water partition coefficient (Wildman–Crippen LogP) is 1.57. The van der Waals surface area contributed by atoms with Gasteiger partial charge in [-0.3, -0.25) is 4.57 Å². The minimum Gasteiger partial charge on any atom is -0.335 e. The lowest BCUT2D eigenvalue weighted by Crippen LogP contribution is -2.49. The van der Waals surface area contributed by atoms with Gasteiger partial charge in [0.25, 0.3) is 0 Å². The van der Waals surface area contributed by atoms with Crippen LogP contribution in [0, 0.1) is 6.92 Å². The molecule has 0 aromatic carbocycles. The Morgan fingerprint density at radius 3 is 2.35 bits per heavy atom. The third-order valence-electron chi connectivity index (χ3n) is 5.18. The highest BCUT2D eigenvalue weighted by Crippen LogP contribution is 2.23. The Morgan fingerprint density at radius 1 is 1.13 bits per heavy atom. The summed E-state index contributed by atoms with van der Waals surface area (Å²) in [5, 5.41) is 7.36. The van der Waals surface area contributed by atoms with Crippen molar-refractivity contribution in [3.8, 4) is 0 Å². The van der Waals surface area contributed by atoms with Crippen molar-refractivity contribution in [1.82, 2.24) is 24.6 Å². The average Bonchev–Trinajstić information content (AvgIpc) is 2.81. The Balaban J connectivity index is 1.55. The van der Waals surface area contributed by atoms with Crippen LogP contribution in [-0.4, -0.2) is 44.4 Å². The van der Waals surface area contributed by atoms with E-state index in [1.165, 1.54) is 23.9 Å². The largest absolute Gasteiger partial charge is 0.345 e. The summed E-state index contributed by atoms with van der Waals surface area (Å²) < 4.78 is 3.16. The van der Waals surface area contributed by atoms with E-state index >= 15 is 0 Å². The number of aryl methyl sites for hydroxylation is 2. The predicted molar refractivity (Wildman–Crippen MR) is 87.5 cm³/mol. The van der Waals surface area contributed by atoms with Crippen LogP contribution in [0.25, 0.3) is 0 Å². The van der Waals surface area contributed by atoms with E-state index in [0.717, 1.165) is 31.5 Å². The Labute approximate surface area is 136 Å². The number of aromatic nitrogens is 3. The number of nitrogens with one attached hydrogen (secondary N) is 1. The summed E-state index contributed by atoms with van der Waals surface area (Å²) in [4.78, 5) is 26.4. The number of hydrogen-bond donors (Lipinski definition) is 1. The molecule has 0 unspecified atom stereocenters. The second kappa shape index (κ2) is 6.76. The maximum atomic E-state index is 12.4. The number of urea groups is 1. The third kappa shape index (κ3) is 3.43. The Hall–Kier alpha value is -1.79. The van der Waals surface area contributed by atoms with Gasteiger partial charge in [0.1, 0.15) is 5.82 Å². The first kappa shape index (κ1) is 16.1. The lowest BCUT2D eigenvalue weighted by atomic mass is 9.95. The lowest BCUT2D eigenvalue weighted by molar-refractivity contribution is 0.164. The van der Waals surface area contributed by atoms with E-state index in [0.29, 0.717) is 19.1 Å². The molecule has 128 valence electrons. The van der Waals surface area contributed by atoms with E-state index in [1.807, 2.05) is 11.8 Å². The molecule has 1 aliphatic heterocycles. The van der Waals surface area contributed by atoms with Gasteiger partial charge in [-0.1, -0.05) is 19.3 Å². The summed E-state index contributed by atoms with van der Waals surface area (Å²) in [5.41, 5.74) is -0.0624. The second-order valence-electron chi connectivity index (χ2n) is 6.83. The fourth-order valence-corrected chi connectivity index (χ4v) is 3.86. The quantitative estimate of drug-likeness (QED) is 0.898. The molecule has 1 aromatic heterocycles. The Bertz CT molecular complexity index is 606. The highest BCUT2D eigenvalue weighted by atomic mass is 16.2. The summed E-state index contributed by atoms with van der Waals surface area (Å²) in [6, 6.07) is 0.553. The van der Waals surface area contributed by atoms with Crippen molar-refractivity contribution in [3.05, 3.63) is 16.3 Å². The summed E-state index contributed by atoms with van der Waals surface area (Å²) in [6.45, 7) is 3.26.